The highest BCUT2D eigenvalue weighted by molar-refractivity contribution is 5.80. The maximum Gasteiger partial charge on any atom is 0.225 e. The summed E-state index contributed by atoms with van der Waals surface area (Å²) < 4.78 is 0. The molecule has 3 aliphatic rings. The molecule has 5 heteroatoms. The molecule has 1 aromatic rings. The first-order valence-corrected chi connectivity index (χ1v) is 13.8. The smallest absolute Gasteiger partial charge is 0.225 e. The number of carbonyl (C=O) groups is 2. The van der Waals surface area contributed by atoms with E-state index in [1.165, 1.54) is 24.0 Å². The average Bonchev–Trinajstić information content (AvgIpc) is 3.26. The van der Waals surface area contributed by atoms with Crippen molar-refractivity contribution in [3.63, 3.8) is 0 Å². The second-order valence-electron chi connectivity index (χ2n) is 11.4. The van der Waals surface area contributed by atoms with Crippen LogP contribution in [0.2, 0.25) is 0 Å². The summed E-state index contributed by atoms with van der Waals surface area (Å²) in [6.45, 7) is 12.8. The molecule has 0 spiro atoms. The van der Waals surface area contributed by atoms with Gasteiger partial charge in [-0.05, 0) is 96.2 Å². The highest BCUT2D eigenvalue weighted by atomic mass is 16.2. The van der Waals surface area contributed by atoms with Crippen molar-refractivity contribution in [1.29, 1.82) is 0 Å². The summed E-state index contributed by atoms with van der Waals surface area (Å²) in [4.78, 5) is 31.9. The predicted molar refractivity (Wildman–Crippen MR) is 138 cm³/mol. The van der Waals surface area contributed by atoms with Crippen LogP contribution in [0.4, 0.5) is 0 Å². The Labute approximate surface area is 206 Å². The summed E-state index contributed by atoms with van der Waals surface area (Å²) in [6.07, 6.45) is 8.26. The molecule has 0 bridgehead atoms. The number of hydrogen-bond acceptors (Lipinski definition) is 3. The molecule has 5 nitrogen and oxygen atoms in total. The van der Waals surface area contributed by atoms with E-state index in [9.17, 15) is 9.59 Å². The molecule has 3 heterocycles. The van der Waals surface area contributed by atoms with Crippen molar-refractivity contribution in [2.75, 3.05) is 26.2 Å². The Morgan fingerprint density at radius 3 is 2.41 bits per heavy atom. The number of piperidine rings is 2. The lowest BCUT2D eigenvalue weighted by molar-refractivity contribution is -0.141. The van der Waals surface area contributed by atoms with Crippen molar-refractivity contribution >= 4 is 11.8 Å². The van der Waals surface area contributed by atoms with Gasteiger partial charge in [-0.2, -0.15) is 0 Å². The van der Waals surface area contributed by atoms with Crippen LogP contribution in [0, 0.1) is 5.92 Å². The summed E-state index contributed by atoms with van der Waals surface area (Å²) >= 11 is 0. The fraction of sp³-hybridized carbons (Fsp3) is 0.724. The molecule has 188 valence electrons. The molecule has 3 aliphatic heterocycles. The van der Waals surface area contributed by atoms with E-state index in [4.69, 9.17) is 0 Å². The summed E-state index contributed by atoms with van der Waals surface area (Å²) in [7, 11) is 0. The first kappa shape index (κ1) is 25.2. The van der Waals surface area contributed by atoms with Gasteiger partial charge in [0.05, 0.1) is 0 Å². The molecular weight excluding hydrogens is 422 g/mol. The minimum Gasteiger partial charge on any atom is -0.340 e. The van der Waals surface area contributed by atoms with Crippen LogP contribution in [0.1, 0.15) is 89.7 Å². The van der Waals surface area contributed by atoms with Crippen LogP contribution >= 0.6 is 0 Å². The van der Waals surface area contributed by atoms with Crippen LogP contribution in [0.3, 0.4) is 0 Å². The van der Waals surface area contributed by atoms with Gasteiger partial charge in [-0.1, -0.05) is 24.3 Å². The maximum absolute atomic E-state index is 13.0. The minimum absolute atomic E-state index is 0.185. The van der Waals surface area contributed by atoms with E-state index in [0.717, 1.165) is 58.3 Å². The van der Waals surface area contributed by atoms with Gasteiger partial charge in [0.15, 0.2) is 0 Å². The van der Waals surface area contributed by atoms with Gasteiger partial charge < -0.3 is 14.7 Å². The first-order valence-electron chi connectivity index (χ1n) is 13.8. The van der Waals surface area contributed by atoms with Crippen LogP contribution in [0.25, 0.3) is 0 Å². The molecule has 1 aromatic carbocycles. The maximum atomic E-state index is 13.0. The Bertz CT molecular complexity index is 854. The Balaban J connectivity index is 1.35. The number of rotatable bonds is 8. The van der Waals surface area contributed by atoms with Gasteiger partial charge in [0.25, 0.3) is 0 Å². The van der Waals surface area contributed by atoms with E-state index in [1.54, 1.807) is 0 Å². The molecule has 3 saturated heterocycles. The molecule has 0 N–H and O–H groups in total. The van der Waals surface area contributed by atoms with Gasteiger partial charge in [0.2, 0.25) is 11.8 Å². The molecule has 3 fully saturated rings. The number of benzene rings is 1. The normalized spacial score (nSPS) is 26.4. The van der Waals surface area contributed by atoms with E-state index >= 15 is 0 Å². The standard InChI is InChI=1S/C29H45N3O2/c1-21(2)31-15-7-11-26(29(31)34)18-22(3)30-14-6-12-27(20-30)25-10-5-9-24(19-25)17-23(4)32-16-8-13-28(32)33/h5,9-10,19,21-23,26-27H,6-8,11-18,20H2,1-4H3. The van der Waals surface area contributed by atoms with Gasteiger partial charge >= 0.3 is 0 Å². The number of hydrogen-bond donors (Lipinski definition) is 0. The van der Waals surface area contributed by atoms with Crippen LogP contribution in [-0.4, -0.2) is 70.8 Å². The first-order chi connectivity index (χ1) is 16.3. The minimum atomic E-state index is 0.185. The van der Waals surface area contributed by atoms with Crippen LogP contribution < -0.4 is 0 Å². The van der Waals surface area contributed by atoms with Gasteiger partial charge in [-0.25, -0.2) is 0 Å². The molecule has 0 saturated carbocycles. The van der Waals surface area contributed by atoms with Gasteiger partial charge in [0.1, 0.15) is 0 Å². The van der Waals surface area contributed by atoms with Gasteiger partial charge in [0, 0.05) is 50.1 Å². The monoisotopic (exact) mass is 467 g/mol. The van der Waals surface area contributed by atoms with Crippen molar-refractivity contribution in [3.8, 4) is 0 Å². The molecular formula is C29H45N3O2. The Kier molecular flexibility index (Phi) is 8.34. The van der Waals surface area contributed by atoms with Crippen molar-refractivity contribution in [2.24, 2.45) is 5.92 Å². The Morgan fingerprint density at radius 2 is 1.68 bits per heavy atom. The lowest BCUT2D eigenvalue weighted by Gasteiger charge is -2.40. The molecule has 4 atom stereocenters. The zero-order valence-electron chi connectivity index (χ0n) is 21.8. The molecule has 0 radical (unpaired) electrons. The van der Waals surface area contributed by atoms with Crippen molar-refractivity contribution in [3.05, 3.63) is 35.4 Å². The van der Waals surface area contributed by atoms with E-state index in [2.05, 4.69) is 66.7 Å². The topological polar surface area (TPSA) is 43.9 Å². The fourth-order valence-corrected chi connectivity index (χ4v) is 6.51. The lowest BCUT2D eigenvalue weighted by Crippen LogP contribution is -2.48. The van der Waals surface area contributed by atoms with E-state index in [1.807, 2.05) is 0 Å². The van der Waals surface area contributed by atoms with Crippen LogP contribution in [0.15, 0.2) is 24.3 Å². The summed E-state index contributed by atoms with van der Waals surface area (Å²) in [5.41, 5.74) is 2.78. The molecule has 34 heavy (non-hydrogen) atoms. The largest absolute Gasteiger partial charge is 0.340 e. The summed E-state index contributed by atoms with van der Waals surface area (Å²) in [5.74, 6) is 1.42. The van der Waals surface area contributed by atoms with E-state index in [-0.39, 0.29) is 12.0 Å². The number of nitrogens with zero attached hydrogens (tertiary/aromatic N) is 3. The Hall–Kier alpha value is -1.88. The quantitative estimate of drug-likeness (QED) is 0.549. The molecule has 0 aromatic heterocycles. The number of amides is 2. The number of carbonyl (C=O) groups excluding carboxylic acids is 2. The summed E-state index contributed by atoms with van der Waals surface area (Å²) in [5, 5.41) is 0. The fourth-order valence-electron chi connectivity index (χ4n) is 6.51. The highest BCUT2D eigenvalue weighted by Gasteiger charge is 2.33. The SMILES string of the molecule is CC(CC1CCCN(C(C)C)C1=O)N1CCCC(c2cccc(CC(C)N3CCCC3=O)c2)C1. The number of likely N-dealkylation sites (tertiary alicyclic amines) is 3. The lowest BCUT2D eigenvalue weighted by atomic mass is 9.86. The van der Waals surface area contributed by atoms with Crippen molar-refractivity contribution in [2.45, 2.75) is 103 Å². The second-order valence-corrected chi connectivity index (χ2v) is 11.4. The van der Waals surface area contributed by atoms with E-state index < -0.39 is 0 Å². The predicted octanol–water partition coefficient (Wildman–Crippen LogP) is 4.85. The van der Waals surface area contributed by atoms with Gasteiger partial charge in [-0.3, -0.25) is 9.59 Å². The van der Waals surface area contributed by atoms with Crippen molar-refractivity contribution < 1.29 is 9.59 Å². The third kappa shape index (κ3) is 5.84. The zero-order chi connectivity index (χ0) is 24.2. The molecule has 0 aliphatic carbocycles. The second kappa shape index (κ2) is 11.2. The molecule has 4 unspecified atom stereocenters. The highest BCUT2D eigenvalue weighted by Crippen LogP contribution is 2.32. The molecule has 4 rings (SSSR count). The zero-order valence-corrected chi connectivity index (χ0v) is 21.8. The molecule has 2 amide bonds. The summed E-state index contributed by atoms with van der Waals surface area (Å²) in [6, 6.07) is 10.1. The van der Waals surface area contributed by atoms with Crippen LogP contribution in [-0.2, 0) is 16.0 Å². The Morgan fingerprint density at radius 1 is 0.912 bits per heavy atom. The third-order valence-electron chi connectivity index (χ3n) is 8.50. The van der Waals surface area contributed by atoms with Crippen LogP contribution in [0.5, 0.6) is 0 Å². The average molecular weight is 468 g/mol. The van der Waals surface area contributed by atoms with Crippen molar-refractivity contribution in [1.82, 2.24) is 14.7 Å². The van der Waals surface area contributed by atoms with E-state index in [0.29, 0.717) is 36.2 Å². The van der Waals surface area contributed by atoms with Gasteiger partial charge in [-0.15, -0.1) is 0 Å². The third-order valence-corrected chi connectivity index (χ3v) is 8.50.